The number of aliphatic hydroxyl groups excluding tert-OH is 1. The minimum absolute atomic E-state index is 0.319. The smallest absolute Gasteiger partial charge is 0.133 e. The third-order valence-electron chi connectivity index (χ3n) is 2.65. The molecule has 84 valence electrons. The van der Waals surface area contributed by atoms with Crippen molar-refractivity contribution in [3.63, 3.8) is 0 Å². The van der Waals surface area contributed by atoms with Gasteiger partial charge in [0.15, 0.2) is 0 Å². The first kappa shape index (κ1) is 10.9. The Bertz CT molecular complexity index is 465. The summed E-state index contributed by atoms with van der Waals surface area (Å²) in [6.45, 7) is 2.50. The van der Waals surface area contributed by atoms with Crippen molar-refractivity contribution >= 4 is 16.6 Å². The van der Waals surface area contributed by atoms with Gasteiger partial charge in [0, 0.05) is 18.1 Å². The number of pyridine rings is 1. The summed E-state index contributed by atoms with van der Waals surface area (Å²) < 4.78 is 0. The van der Waals surface area contributed by atoms with Gasteiger partial charge in [0.2, 0.25) is 0 Å². The topological polar surface area (TPSA) is 45.1 Å². The summed E-state index contributed by atoms with van der Waals surface area (Å²) in [5.41, 5.74) is 0. The molecule has 1 aromatic heterocycles. The molecule has 0 radical (unpaired) electrons. The third-order valence-corrected chi connectivity index (χ3v) is 2.65. The minimum Gasteiger partial charge on any atom is -0.391 e. The molecule has 1 atom stereocenters. The van der Waals surface area contributed by atoms with E-state index in [1.165, 1.54) is 0 Å². The Hall–Kier alpha value is -1.61. The van der Waals surface area contributed by atoms with E-state index in [1.807, 2.05) is 31.2 Å². The van der Waals surface area contributed by atoms with E-state index in [0.717, 1.165) is 23.0 Å². The van der Waals surface area contributed by atoms with Gasteiger partial charge in [-0.2, -0.15) is 0 Å². The molecule has 0 saturated carbocycles. The second-order valence-electron chi connectivity index (χ2n) is 3.82. The summed E-state index contributed by atoms with van der Waals surface area (Å²) in [6.07, 6.45) is 2.21. The van der Waals surface area contributed by atoms with Gasteiger partial charge in [0.05, 0.1) is 6.10 Å². The zero-order chi connectivity index (χ0) is 11.4. The van der Waals surface area contributed by atoms with Crippen LogP contribution in [-0.2, 0) is 0 Å². The van der Waals surface area contributed by atoms with Gasteiger partial charge in [-0.15, -0.1) is 0 Å². The van der Waals surface area contributed by atoms with Gasteiger partial charge in [0.25, 0.3) is 0 Å². The van der Waals surface area contributed by atoms with E-state index in [1.54, 1.807) is 6.20 Å². The van der Waals surface area contributed by atoms with Crippen LogP contribution in [0.25, 0.3) is 10.8 Å². The highest BCUT2D eigenvalue weighted by Gasteiger charge is 2.03. The molecular formula is C13H16N2O. The van der Waals surface area contributed by atoms with Crippen LogP contribution in [0.2, 0.25) is 0 Å². The van der Waals surface area contributed by atoms with Crippen molar-refractivity contribution < 1.29 is 5.11 Å². The van der Waals surface area contributed by atoms with E-state index in [0.29, 0.717) is 6.54 Å². The van der Waals surface area contributed by atoms with Gasteiger partial charge in [-0.3, -0.25) is 0 Å². The van der Waals surface area contributed by atoms with E-state index in [9.17, 15) is 5.11 Å². The van der Waals surface area contributed by atoms with Gasteiger partial charge < -0.3 is 10.4 Å². The summed E-state index contributed by atoms with van der Waals surface area (Å²) in [5, 5.41) is 14.9. The zero-order valence-electron chi connectivity index (χ0n) is 9.35. The molecule has 0 bridgehead atoms. The monoisotopic (exact) mass is 216 g/mol. The molecule has 2 N–H and O–H groups in total. The molecular weight excluding hydrogens is 200 g/mol. The van der Waals surface area contributed by atoms with E-state index in [2.05, 4.69) is 16.4 Å². The molecule has 1 aromatic carbocycles. The molecule has 0 aliphatic heterocycles. The Labute approximate surface area is 95.1 Å². The predicted molar refractivity (Wildman–Crippen MR) is 66.5 cm³/mol. The molecule has 0 amide bonds. The Balaban J connectivity index is 2.23. The molecule has 0 aliphatic rings. The quantitative estimate of drug-likeness (QED) is 0.825. The number of nitrogens with one attached hydrogen (secondary N) is 1. The van der Waals surface area contributed by atoms with Gasteiger partial charge in [-0.05, 0) is 17.9 Å². The summed E-state index contributed by atoms with van der Waals surface area (Å²) in [6, 6.07) is 10.1. The molecule has 3 heteroatoms. The van der Waals surface area contributed by atoms with Gasteiger partial charge in [0.1, 0.15) is 5.82 Å². The summed E-state index contributed by atoms with van der Waals surface area (Å²) in [7, 11) is 0. The van der Waals surface area contributed by atoms with E-state index < -0.39 is 0 Å². The van der Waals surface area contributed by atoms with Crippen LogP contribution in [0.5, 0.6) is 0 Å². The van der Waals surface area contributed by atoms with E-state index in [4.69, 9.17) is 0 Å². The van der Waals surface area contributed by atoms with Crippen LogP contribution in [0.3, 0.4) is 0 Å². The van der Waals surface area contributed by atoms with Crippen LogP contribution >= 0.6 is 0 Å². The van der Waals surface area contributed by atoms with E-state index >= 15 is 0 Å². The number of aliphatic hydroxyl groups is 1. The maximum atomic E-state index is 9.50. The Morgan fingerprint density at radius 3 is 2.94 bits per heavy atom. The second kappa shape index (κ2) is 4.94. The molecule has 0 saturated heterocycles. The number of hydrogen-bond acceptors (Lipinski definition) is 3. The lowest BCUT2D eigenvalue weighted by atomic mass is 10.1. The van der Waals surface area contributed by atoms with Crippen molar-refractivity contribution in [1.82, 2.24) is 4.98 Å². The number of rotatable bonds is 4. The standard InChI is InChI=1S/C13H16N2O/c1-2-11(16)9-15-13-12-6-4-3-5-10(12)7-8-14-13/h3-8,11,16H,2,9H2,1H3,(H,14,15). The lowest BCUT2D eigenvalue weighted by Crippen LogP contribution is -2.18. The molecule has 2 rings (SSSR count). The first-order valence-electron chi connectivity index (χ1n) is 5.57. The summed E-state index contributed by atoms with van der Waals surface area (Å²) >= 11 is 0. The molecule has 16 heavy (non-hydrogen) atoms. The van der Waals surface area contributed by atoms with Gasteiger partial charge in [-0.1, -0.05) is 31.2 Å². The molecule has 0 spiro atoms. The maximum absolute atomic E-state index is 9.50. The highest BCUT2D eigenvalue weighted by atomic mass is 16.3. The van der Waals surface area contributed by atoms with Crippen LogP contribution in [0.4, 0.5) is 5.82 Å². The largest absolute Gasteiger partial charge is 0.391 e. The number of anilines is 1. The number of aromatic nitrogens is 1. The maximum Gasteiger partial charge on any atom is 0.133 e. The van der Waals surface area contributed by atoms with Crippen molar-refractivity contribution in [2.24, 2.45) is 0 Å². The van der Waals surface area contributed by atoms with Crippen LogP contribution in [-0.4, -0.2) is 22.7 Å². The lowest BCUT2D eigenvalue weighted by molar-refractivity contribution is 0.183. The average molecular weight is 216 g/mol. The molecule has 1 unspecified atom stereocenters. The number of benzene rings is 1. The number of hydrogen-bond donors (Lipinski definition) is 2. The van der Waals surface area contributed by atoms with Crippen molar-refractivity contribution in [2.45, 2.75) is 19.4 Å². The van der Waals surface area contributed by atoms with Crippen LogP contribution in [0.1, 0.15) is 13.3 Å². The third kappa shape index (κ3) is 2.31. The fraction of sp³-hybridized carbons (Fsp3) is 0.308. The van der Waals surface area contributed by atoms with Crippen LogP contribution in [0.15, 0.2) is 36.5 Å². The summed E-state index contributed by atoms with van der Waals surface area (Å²) in [5.74, 6) is 0.839. The first-order chi connectivity index (χ1) is 7.81. The Kier molecular flexibility index (Phi) is 3.37. The van der Waals surface area contributed by atoms with Crippen molar-refractivity contribution in [3.05, 3.63) is 36.5 Å². The second-order valence-corrected chi connectivity index (χ2v) is 3.82. The van der Waals surface area contributed by atoms with Crippen molar-refractivity contribution in [2.75, 3.05) is 11.9 Å². The first-order valence-corrected chi connectivity index (χ1v) is 5.57. The fourth-order valence-electron chi connectivity index (χ4n) is 1.62. The van der Waals surface area contributed by atoms with Crippen LogP contribution in [0, 0.1) is 0 Å². The number of nitrogens with zero attached hydrogens (tertiary/aromatic N) is 1. The highest BCUT2D eigenvalue weighted by Crippen LogP contribution is 2.20. The predicted octanol–water partition coefficient (Wildman–Crippen LogP) is 2.42. The van der Waals surface area contributed by atoms with Crippen LogP contribution < -0.4 is 5.32 Å². The van der Waals surface area contributed by atoms with E-state index in [-0.39, 0.29) is 6.10 Å². The fourth-order valence-corrected chi connectivity index (χ4v) is 1.62. The highest BCUT2D eigenvalue weighted by molar-refractivity contribution is 5.91. The zero-order valence-corrected chi connectivity index (χ0v) is 9.35. The normalized spacial score (nSPS) is 12.6. The summed E-state index contributed by atoms with van der Waals surface area (Å²) in [4.78, 5) is 4.29. The average Bonchev–Trinajstić information content (AvgIpc) is 2.35. The Morgan fingerprint density at radius 1 is 1.31 bits per heavy atom. The lowest BCUT2D eigenvalue weighted by Gasteiger charge is -2.11. The molecule has 0 aliphatic carbocycles. The molecule has 0 fully saturated rings. The van der Waals surface area contributed by atoms with Crippen molar-refractivity contribution in [3.8, 4) is 0 Å². The Morgan fingerprint density at radius 2 is 2.12 bits per heavy atom. The SMILES string of the molecule is CCC(O)CNc1nccc2ccccc12. The van der Waals surface area contributed by atoms with Gasteiger partial charge in [-0.25, -0.2) is 4.98 Å². The molecule has 2 aromatic rings. The molecule has 1 heterocycles. The van der Waals surface area contributed by atoms with Gasteiger partial charge >= 0.3 is 0 Å². The van der Waals surface area contributed by atoms with Crippen molar-refractivity contribution in [1.29, 1.82) is 0 Å². The molecule has 3 nitrogen and oxygen atoms in total. The minimum atomic E-state index is -0.319. The number of fused-ring (bicyclic) bond motifs is 1.